The Hall–Kier alpha value is -7.32. The standard InChI is InChI=1S/C48H38N4O4/c1-53-41-17-9-5-13-29(41)45-33-21-23-35(49-33)46(30-14-6-10-18-42(30)54-2)37-25-27-39(51-37)48(32-16-8-12-20-44(32)56-4)40-28-26-38(52-40)47(36-24-22-34(45)50-36)31-15-7-11-19-43(31)55-3/h5-28,49,52H,1-4H3. The zero-order valence-corrected chi connectivity index (χ0v) is 31.4. The van der Waals surface area contributed by atoms with Crippen molar-refractivity contribution in [3.05, 3.63) is 144 Å². The van der Waals surface area contributed by atoms with Crippen LogP contribution in [0.15, 0.2) is 121 Å². The molecule has 3 aromatic heterocycles. The van der Waals surface area contributed by atoms with Gasteiger partial charge >= 0.3 is 0 Å². The molecule has 8 nitrogen and oxygen atoms in total. The number of benzene rings is 4. The van der Waals surface area contributed by atoms with Gasteiger partial charge in [-0.2, -0.15) is 0 Å². The fourth-order valence-corrected chi connectivity index (χ4v) is 7.74. The van der Waals surface area contributed by atoms with E-state index >= 15 is 0 Å². The number of H-pyrrole nitrogens is 2. The van der Waals surface area contributed by atoms with E-state index in [2.05, 4.69) is 82.8 Å². The van der Waals surface area contributed by atoms with Crippen LogP contribution in [-0.2, 0) is 0 Å². The van der Waals surface area contributed by atoms with Crippen LogP contribution in [0.2, 0.25) is 0 Å². The summed E-state index contributed by atoms with van der Waals surface area (Å²) in [5.41, 5.74) is 13.7. The minimum atomic E-state index is 0.733. The van der Waals surface area contributed by atoms with Crippen LogP contribution >= 0.6 is 0 Å². The summed E-state index contributed by atoms with van der Waals surface area (Å²) >= 11 is 0. The smallest absolute Gasteiger partial charge is 0.126 e. The van der Waals surface area contributed by atoms with E-state index in [9.17, 15) is 0 Å². The summed E-state index contributed by atoms with van der Waals surface area (Å²) in [7, 11) is 6.77. The van der Waals surface area contributed by atoms with E-state index < -0.39 is 0 Å². The summed E-state index contributed by atoms with van der Waals surface area (Å²) in [5, 5.41) is 0. The van der Waals surface area contributed by atoms with Crippen LogP contribution < -0.4 is 18.9 Å². The molecule has 0 aliphatic carbocycles. The highest BCUT2D eigenvalue weighted by molar-refractivity contribution is 6.01. The number of fused-ring (bicyclic) bond motifs is 8. The topological polar surface area (TPSA) is 94.3 Å². The Morgan fingerprint density at radius 2 is 0.554 bits per heavy atom. The first-order chi connectivity index (χ1) is 27.6. The van der Waals surface area contributed by atoms with Crippen molar-refractivity contribution in [1.82, 2.24) is 19.9 Å². The summed E-state index contributed by atoms with van der Waals surface area (Å²) in [6, 6.07) is 40.5. The molecule has 0 atom stereocenters. The van der Waals surface area contributed by atoms with E-state index in [0.29, 0.717) is 0 Å². The molecule has 0 amide bonds. The fraction of sp³-hybridized carbons (Fsp3) is 0.0833. The molecule has 7 aromatic rings. The molecule has 2 aliphatic rings. The molecule has 2 aliphatic heterocycles. The molecular formula is C48H38N4O4. The maximum absolute atomic E-state index is 5.94. The predicted octanol–water partition coefficient (Wildman–Crippen LogP) is 11.4. The molecular weight excluding hydrogens is 697 g/mol. The fourth-order valence-electron chi connectivity index (χ4n) is 7.74. The number of hydrogen-bond acceptors (Lipinski definition) is 6. The molecule has 56 heavy (non-hydrogen) atoms. The SMILES string of the molecule is COc1ccccc1-c1c2nc(c(-c3ccccc3OC)c3ccc([nH]3)c(-c3ccccc3OC)c3nc(c(-c4ccccc4OC)c4ccc1[nH]4)C=C3)C=C2. The van der Waals surface area contributed by atoms with Crippen molar-refractivity contribution in [2.45, 2.75) is 0 Å². The zero-order valence-electron chi connectivity index (χ0n) is 31.4. The van der Waals surface area contributed by atoms with Gasteiger partial charge < -0.3 is 28.9 Å². The summed E-state index contributed by atoms with van der Waals surface area (Å²) in [6.07, 6.45) is 8.27. The van der Waals surface area contributed by atoms with Crippen LogP contribution in [0.4, 0.5) is 0 Å². The molecule has 0 radical (unpaired) electrons. The molecule has 0 fully saturated rings. The molecule has 0 spiro atoms. The monoisotopic (exact) mass is 734 g/mol. The second-order valence-corrected chi connectivity index (χ2v) is 13.3. The first kappa shape index (κ1) is 34.4. The quantitative estimate of drug-likeness (QED) is 0.161. The summed E-state index contributed by atoms with van der Waals surface area (Å²) in [4.78, 5) is 18.4. The molecule has 0 unspecified atom stereocenters. The molecule has 9 rings (SSSR count). The lowest BCUT2D eigenvalue weighted by atomic mass is 10.0. The van der Waals surface area contributed by atoms with Gasteiger partial charge in [0.1, 0.15) is 23.0 Å². The predicted molar refractivity (Wildman–Crippen MR) is 227 cm³/mol. The van der Waals surface area contributed by atoms with Crippen LogP contribution in [-0.4, -0.2) is 48.4 Å². The lowest BCUT2D eigenvalue weighted by Gasteiger charge is -2.11. The average molecular weight is 735 g/mol. The molecule has 5 heterocycles. The van der Waals surface area contributed by atoms with Gasteiger partial charge in [0.05, 0.1) is 51.2 Å². The van der Waals surface area contributed by atoms with E-state index in [-0.39, 0.29) is 0 Å². The van der Waals surface area contributed by atoms with E-state index in [1.165, 1.54) is 0 Å². The van der Waals surface area contributed by atoms with Crippen molar-refractivity contribution in [3.8, 4) is 67.5 Å². The maximum atomic E-state index is 5.94. The number of ether oxygens (including phenoxy) is 4. The van der Waals surface area contributed by atoms with Crippen molar-refractivity contribution in [1.29, 1.82) is 0 Å². The number of nitrogens with zero attached hydrogens (tertiary/aromatic N) is 2. The van der Waals surface area contributed by atoms with E-state index in [4.69, 9.17) is 28.9 Å². The number of nitrogens with one attached hydrogen (secondary N) is 2. The van der Waals surface area contributed by atoms with Gasteiger partial charge in [0.15, 0.2) is 0 Å². The largest absolute Gasteiger partial charge is 0.496 e. The molecule has 4 aromatic carbocycles. The van der Waals surface area contributed by atoms with Gasteiger partial charge in [-0.05, 0) is 72.8 Å². The van der Waals surface area contributed by atoms with Gasteiger partial charge in [-0.15, -0.1) is 0 Å². The molecule has 2 N–H and O–H groups in total. The Kier molecular flexibility index (Phi) is 8.91. The van der Waals surface area contributed by atoms with Crippen molar-refractivity contribution < 1.29 is 18.9 Å². The minimum Gasteiger partial charge on any atom is -0.496 e. The van der Waals surface area contributed by atoms with Gasteiger partial charge in [0.25, 0.3) is 0 Å². The van der Waals surface area contributed by atoms with Crippen molar-refractivity contribution >= 4 is 46.4 Å². The lowest BCUT2D eigenvalue weighted by Crippen LogP contribution is -1.93. The maximum Gasteiger partial charge on any atom is 0.126 e. The first-order valence-electron chi connectivity index (χ1n) is 18.3. The highest BCUT2D eigenvalue weighted by Gasteiger charge is 2.22. The van der Waals surface area contributed by atoms with E-state index in [1.807, 2.05) is 72.8 Å². The Morgan fingerprint density at radius 3 is 0.786 bits per heavy atom. The minimum absolute atomic E-state index is 0.733. The van der Waals surface area contributed by atoms with E-state index in [1.54, 1.807) is 28.4 Å². The van der Waals surface area contributed by atoms with Crippen LogP contribution in [0.1, 0.15) is 22.8 Å². The van der Waals surface area contributed by atoms with Crippen molar-refractivity contribution in [3.63, 3.8) is 0 Å². The van der Waals surface area contributed by atoms with Crippen molar-refractivity contribution in [2.75, 3.05) is 28.4 Å². The average Bonchev–Trinajstić information content (AvgIpc) is 4.10. The zero-order chi connectivity index (χ0) is 38.2. The van der Waals surface area contributed by atoms with Crippen LogP contribution in [0.5, 0.6) is 23.0 Å². The van der Waals surface area contributed by atoms with E-state index in [0.717, 1.165) is 112 Å². The van der Waals surface area contributed by atoms with Gasteiger partial charge in [0, 0.05) is 66.6 Å². The Labute approximate surface area is 324 Å². The number of rotatable bonds is 8. The Morgan fingerprint density at radius 1 is 0.321 bits per heavy atom. The lowest BCUT2D eigenvalue weighted by molar-refractivity contribution is 0.416. The first-order valence-corrected chi connectivity index (χ1v) is 18.3. The van der Waals surface area contributed by atoms with Crippen LogP contribution in [0, 0.1) is 0 Å². The summed E-state index contributed by atoms with van der Waals surface area (Å²) < 4.78 is 23.8. The number of aromatic nitrogens is 4. The number of hydrogen-bond donors (Lipinski definition) is 2. The van der Waals surface area contributed by atoms with Gasteiger partial charge in [-0.25, -0.2) is 9.97 Å². The molecule has 8 heteroatoms. The highest BCUT2D eigenvalue weighted by Crippen LogP contribution is 2.43. The molecule has 274 valence electrons. The summed E-state index contributed by atoms with van der Waals surface area (Å²) in [6.45, 7) is 0. The Bertz CT molecular complexity index is 2500. The Balaban J connectivity index is 1.51. The second kappa shape index (κ2) is 14.5. The second-order valence-electron chi connectivity index (χ2n) is 13.3. The third-order valence-corrected chi connectivity index (χ3v) is 10.3. The van der Waals surface area contributed by atoms with Crippen LogP contribution in [0.3, 0.4) is 0 Å². The molecule has 8 bridgehead atoms. The highest BCUT2D eigenvalue weighted by atomic mass is 16.5. The molecule has 0 saturated heterocycles. The number of methoxy groups -OCH3 is 4. The van der Waals surface area contributed by atoms with Gasteiger partial charge in [-0.3, -0.25) is 0 Å². The van der Waals surface area contributed by atoms with Gasteiger partial charge in [-0.1, -0.05) is 72.8 Å². The third-order valence-electron chi connectivity index (χ3n) is 10.3. The number of aromatic amines is 2. The number of para-hydroxylation sites is 4. The summed E-state index contributed by atoms with van der Waals surface area (Å²) in [5.74, 6) is 2.93. The molecule has 0 saturated carbocycles. The third kappa shape index (κ3) is 5.88. The van der Waals surface area contributed by atoms with Crippen molar-refractivity contribution in [2.24, 2.45) is 0 Å². The normalized spacial score (nSPS) is 11.8. The van der Waals surface area contributed by atoms with Crippen LogP contribution in [0.25, 0.3) is 90.9 Å². The van der Waals surface area contributed by atoms with Gasteiger partial charge in [0.2, 0.25) is 0 Å².